The monoisotopic (exact) mass is 298 g/mol. The van der Waals surface area contributed by atoms with E-state index in [0.29, 0.717) is 0 Å². The van der Waals surface area contributed by atoms with Gasteiger partial charge in [-0.1, -0.05) is 0 Å². The molecule has 0 heterocycles. The van der Waals surface area contributed by atoms with E-state index >= 15 is 0 Å². The van der Waals surface area contributed by atoms with Crippen LogP contribution in [-0.4, -0.2) is 24.8 Å². The lowest BCUT2D eigenvalue weighted by molar-refractivity contribution is 0.0521. The first kappa shape index (κ1) is 16.7. The molecular weight excluding hydrogens is 279 g/mol. The van der Waals surface area contributed by atoms with Gasteiger partial charge in [-0.15, -0.1) is 0 Å². The van der Waals surface area contributed by atoms with Crippen molar-refractivity contribution in [1.82, 2.24) is 5.32 Å². The minimum Gasteiger partial charge on any atom is -0.465 e. The maximum Gasteiger partial charge on any atom is 0.407 e. The number of carbonyl (C=O) groups excluding carboxylic acids is 2. The standard InChI is InChI=1S/C14H19FN2O4/c1-14(2,3)21-13(19)17-7-8-5-11(16)9(6-10(8)15)12(18)20-4/h5-6H,7,16H2,1-4H3,(H,17,19). The van der Waals surface area contributed by atoms with E-state index in [1.165, 1.54) is 13.2 Å². The van der Waals surface area contributed by atoms with Crippen molar-refractivity contribution in [2.24, 2.45) is 0 Å². The zero-order chi connectivity index (χ0) is 16.2. The minimum absolute atomic E-state index is 0.0592. The van der Waals surface area contributed by atoms with Gasteiger partial charge in [0.2, 0.25) is 0 Å². The maximum absolute atomic E-state index is 13.9. The zero-order valence-electron chi connectivity index (χ0n) is 12.5. The Kier molecular flexibility index (Phi) is 5.12. The number of methoxy groups -OCH3 is 1. The molecular formula is C14H19FN2O4. The van der Waals surface area contributed by atoms with Crippen LogP contribution in [0.2, 0.25) is 0 Å². The average Bonchev–Trinajstić information content (AvgIpc) is 2.36. The number of ether oxygens (including phenoxy) is 2. The summed E-state index contributed by atoms with van der Waals surface area (Å²) in [6, 6.07) is 2.26. The highest BCUT2D eigenvalue weighted by atomic mass is 19.1. The van der Waals surface area contributed by atoms with Gasteiger partial charge in [0.15, 0.2) is 0 Å². The number of nitrogens with one attached hydrogen (secondary N) is 1. The molecule has 0 aliphatic heterocycles. The number of hydrogen-bond acceptors (Lipinski definition) is 5. The number of nitrogen functional groups attached to an aromatic ring is 1. The first-order valence-corrected chi connectivity index (χ1v) is 6.27. The van der Waals surface area contributed by atoms with Crippen molar-refractivity contribution in [3.63, 3.8) is 0 Å². The summed E-state index contributed by atoms with van der Waals surface area (Å²) in [7, 11) is 1.18. The number of anilines is 1. The van der Waals surface area contributed by atoms with E-state index in [2.05, 4.69) is 10.1 Å². The van der Waals surface area contributed by atoms with E-state index in [1.807, 2.05) is 0 Å². The molecule has 0 spiro atoms. The molecule has 7 heteroatoms. The molecule has 0 fully saturated rings. The second kappa shape index (κ2) is 6.43. The number of hydrogen-bond donors (Lipinski definition) is 2. The lowest BCUT2D eigenvalue weighted by atomic mass is 10.1. The molecule has 1 rings (SSSR count). The molecule has 0 radical (unpaired) electrons. The molecule has 116 valence electrons. The molecule has 1 amide bonds. The zero-order valence-corrected chi connectivity index (χ0v) is 12.5. The number of benzene rings is 1. The quantitative estimate of drug-likeness (QED) is 0.659. The predicted molar refractivity (Wildman–Crippen MR) is 75.2 cm³/mol. The topological polar surface area (TPSA) is 90.6 Å². The summed E-state index contributed by atoms with van der Waals surface area (Å²) in [4.78, 5) is 22.9. The smallest absolute Gasteiger partial charge is 0.407 e. The van der Waals surface area contributed by atoms with Crippen LogP contribution in [0.4, 0.5) is 14.9 Å². The molecule has 21 heavy (non-hydrogen) atoms. The fraction of sp³-hybridized carbons (Fsp3) is 0.429. The third-order valence-electron chi connectivity index (χ3n) is 2.45. The van der Waals surface area contributed by atoms with Gasteiger partial charge in [0.05, 0.1) is 12.7 Å². The van der Waals surface area contributed by atoms with Crippen molar-refractivity contribution in [3.05, 3.63) is 29.1 Å². The van der Waals surface area contributed by atoms with Crippen molar-refractivity contribution in [2.45, 2.75) is 32.9 Å². The second-order valence-corrected chi connectivity index (χ2v) is 5.38. The Morgan fingerprint density at radius 2 is 1.95 bits per heavy atom. The SMILES string of the molecule is COC(=O)c1cc(F)c(CNC(=O)OC(C)(C)C)cc1N. The van der Waals surface area contributed by atoms with E-state index in [-0.39, 0.29) is 23.4 Å². The Hall–Kier alpha value is -2.31. The van der Waals surface area contributed by atoms with Crippen molar-refractivity contribution >= 4 is 17.7 Å². The lowest BCUT2D eigenvalue weighted by Crippen LogP contribution is -2.32. The highest BCUT2D eigenvalue weighted by molar-refractivity contribution is 5.95. The van der Waals surface area contributed by atoms with Crippen LogP contribution in [0, 0.1) is 5.82 Å². The summed E-state index contributed by atoms with van der Waals surface area (Å²) in [5.74, 6) is -1.39. The van der Waals surface area contributed by atoms with Crippen molar-refractivity contribution in [3.8, 4) is 0 Å². The molecule has 1 aromatic carbocycles. The van der Waals surface area contributed by atoms with E-state index in [9.17, 15) is 14.0 Å². The molecule has 0 bridgehead atoms. The number of halogens is 1. The first-order chi connectivity index (χ1) is 9.64. The van der Waals surface area contributed by atoms with E-state index in [0.717, 1.165) is 6.07 Å². The average molecular weight is 298 g/mol. The van der Waals surface area contributed by atoms with Crippen LogP contribution in [0.5, 0.6) is 0 Å². The summed E-state index contributed by atoms with van der Waals surface area (Å²) in [5.41, 5.74) is 5.18. The Labute approximate surface area is 122 Å². The molecule has 6 nitrogen and oxygen atoms in total. The molecule has 0 saturated carbocycles. The van der Waals surface area contributed by atoms with Gasteiger partial charge in [0, 0.05) is 17.8 Å². The third-order valence-corrected chi connectivity index (χ3v) is 2.45. The van der Waals surface area contributed by atoms with Crippen LogP contribution in [0.15, 0.2) is 12.1 Å². The van der Waals surface area contributed by atoms with E-state index in [1.54, 1.807) is 20.8 Å². The van der Waals surface area contributed by atoms with Crippen LogP contribution in [0.25, 0.3) is 0 Å². The molecule has 0 saturated heterocycles. The van der Waals surface area contributed by atoms with Gasteiger partial charge in [-0.05, 0) is 32.9 Å². The van der Waals surface area contributed by atoms with Crippen LogP contribution >= 0.6 is 0 Å². The molecule has 1 aromatic rings. The van der Waals surface area contributed by atoms with Gasteiger partial charge in [-0.2, -0.15) is 0 Å². The highest BCUT2D eigenvalue weighted by Crippen LogP contribution is 2.19. The van der Waals surface area contributed by atoms with Crippen LogP contribution in [0.3, 0.4) is 0 Å². The number of amides is 1. The van der Waals surface area contributed by atoms with Crippen LogP contribution in [-0.2, 0) is 16.0 Å². The predicted octanol–water partition coefficient (Wildman–Crippen LogP) is 2.22. The van der Waals surface area contributed by atoms with Gasteiger partial charge in [0.1, 0.15) is 11.4 Å². The fourth-order valence-corrected chi connectivity index (χ4v) is 1.54. The Morgan fingerprint density at radius 3 is 2.48 bits per heavy atom. The Balaban J connectivity index is 2.80. The van der Waals surface area contributed by atoms with E-state index < -0.39 is 23.5 Å². The Bertz CT molecular complexity index is 553. The van der Waals surface area contributed by atoms with Crippen molar-refractivity contribution in [1.29, 1.82) is 0 Å². The van der Waals surface area contributed by atoms with Crippen LogP contribution < -0.4 is 11.1 Å². The van der Waals surface area contributed by atoms with Gasteiger partial charge < -0.3 is 20.5 Å². The molecule has 3 N–H and O–H groups in total. The molecule has 0 unspecified atom stereocenters. The molecule has 0 aliphatic rings. The van der Waals surface area contributed by atoms with Gasteiger partial charge in [-0.3, -0.25) is 0 Å². The van der Waals surface area contributed by atoms with Crippen molar-refractivity contribution in [2.75, 3.05) is 12.8 Å². The van der Waals surface area contributed by atoms with E-state index in [4.69, 9.17) is 10.5 Å². The summed E-state index contributed by atoms with van der Waals surface area (Å²) in [6.45, 7) is 5.05. The molecule has 0 atom stereocenters. The summed E-state index contributed by atoms with van der Waals surface area (Å²) < 4.78 is 23.4. The van der Waals surface area contributed by atoms with Gasteiger partial charge in [0.25, 0.3) is 0 Å². The molecule has 0 aliphatic carbocycles. The highest BCUT2D eigenvalue weighted by Gasteiger charge is 2.18. The lowest BCUT2D eigenvalue weighted by Gasteiger charge is -2.19. The molecule has 0 aromatic heterocycles. The minimum atomic E-state index is -0.724. The number of nitrogens with two attached hydrogens (primary N) is 1. The summed E-state index contributed by atoms with van der Waals surface area (Å²) in [5, 5.41) is 2.41. The fourth-order valence-electron chi connectivity index (χ4n) is 1.54. The number of esters is 1. The number of rotatable bonds is 3. The maximum atomic E-state index is 13.9. The van der Waals surface area contributed by atoms with Gasteiger partial charge in [-0.25, -0.2) is 14.0 Å². The summed E-state index contributed by atoms with van der Waals surface area (Å²) in [6.07, 6.45) is -0.669. The second-order valence-electron chi connectivity index (χ2n) is 5.38. The number of carbonyl (C=O) groups is 2. The van der Waals surface area contributed by atoms with Crippen molar-refractivity contribution < 1.29 is 23.5 Å². The Morgan fingerprint density at radius 1 is 1.33 bits per heavy atom. The number of alkyl carbamates (subject to hydrolysis) is 1. The van der Waals surface area contributed by atoms with Crippen LogP contribution in [0.1, 0.15) is 36.7 Å². The van der Waals surface area contributed by atoms with Gasteiger partial charge >= 0.3 is 12.1 Å². The summed E-state index contributed by atoms with van der Waals surface area (Å²) >= 11 is 0. The third kappa shape index (κ3) is 4.94. The largest absolute Gasteiger partial charge is 0.465 e. The first-order valence-electron chi connectivity index (χ1n) is 6.27. The normalized spacial score (nSPS) is 10.9.